The maximum atomic E-state index is 11.0. The molecule has 0 unspecified atom stereocenters. The summed E-state index contributed by atoms with van der Waals surface area (Å²) in [5.74, 6) is 0.279. The van der Waals surface area contributed by atoms with Gasteiger partial charge in [0.25, 0.3) is 0 Å². The number of nitrogens with one attached hydrogen (secondary N) is 1. The molecule has 0 saturated heterocycles. The molecule has 35 heavy (non-hydrogen) atoms. The van der Waals surface area contributed by atoms with Crippen LogP contribution in [-0.2, 0) is 6.61 Å². The molecule has 3 aromatic carbocycles. The maximum Gasteiger partial charge on any atom is 0.335 e. The Morgan fingerprint density at radius 1 is 1.17 bits per heavy atom. The zero-order chi connectivity index (χ0) is 24.9. The van der Waals surface area contributed by atoms with Crippen molar-refractivity contribution in [2.24, 2.45) is 0 Å². The number of ether oxygens (including phenoxy) is 2. The first-order valence-corrected chi connectivity index (χ1v) is 11.3. The Morgan fingerprint density at radius 3 is 2.63 bits per heavy atom. The lowest BCUT2D eigenvalue weighted by molar-refractivity contribution is 0.0697. The third-order valence-corrected chi connectivity index (χ3v) is 5.52. The number of fused-ring (bicyclic) bond motifs is 1. The van der Waals surface area contributed by atoms with E-state index in [4.69, 9.17) is 26.2 Å². The summed E-state index contributed by atoms with van der Waals surface area (Å²) in [6.45, 7) is 4.41. The van der Waals surface area contributed by atoms with Gasteiger partial charge >= 0.3 is 5.97 Å². The second kappa shape index (κ2) is 10.3. The Morgan fingerprint density at radius 2 is 1.94 bits per heavy atom. The van der Waals surface area contributed by atoms with Crippen molar-refractivity contribution in [3.05, 3.63) is 87.7 Å². The molecule has 4 rings (SSSR count). The lowest BCUT2D eigenvalue weighted by Gasteiger charge is -2.15. The molecule has 2 N–H and O–H groups in total. The number of hydrogen-bond donors (Lipinski definition) is 2. The number of aromatic amines is 1. The number of carbonyl (C=O) groups is 1. The number of aromatic nitrogens is 2. The molecule has 0 fully saturated rings. The second-order valence-corrected chi connectivity index (χ2v) is 8.24. The predicted octanol–water partition coefficient (Wildman–Crippen LogP) is 6.26. The van der Waals surface area contributed by atoms with Gasteiger partial charge in [-0.15, -0.1) is 0 Å². The molecule has 1 aromatic heterocycles. The highest BCUT2D eigenvalue weighted by Gasteiger charge is 2.15. The molecule has 0 bridgehead atoms. The zero-order valence-corrected chi connectivity index (χ0v) is 19.9. The fourth-order valence-corrected chi connectivity index (χ4v) is 3.82. The van der Waals surface area contributed by atoms with Crippen LogP contribution < -0.4 is 9.47 Å². The van der Waals surface area contributed by atoms with Crippen molar-refractivity contribution in [2.45, 2.75) is 20.5 Å². The molecule has 0 spiro atoms. The fraction of sp³-hybridized carbons (Fsp3) is 0.148. The number of aromatic carboxylic acids is 1. The Labute approximate surface area is 207 Å². The number of H-pyrrole nitrogens is 1. The maximum absolute atomic E-state index is 11.0. The Kier molecular flexibility index (Phi) is 7.04. The van der Waals surface area contributed by atoms with Gasteiger partial charge in [-0.3, -0.25) is 0 Å². The van der Waals surface area contributed by atoms with Crippen LogP contribution in [0.15, 0.2) is 54.6 Å². The van der Waals surface area contributed by atoms with Crippen molar-refractivity contribution in [1.29, 1.82) is 5.26 Å². The summed E-state index contributed by atoms with van der Waals surface area (Å²) >= 11 is 6.54. The van der Waals surface area contributed by atoms with Crippen molar-refractivity contribution in [3.63, 3.8) is 0 Å². The number of halogens is 1. The normalized spacial score (nSPS) is 11.3. The van der Waals surface area contributed by atoms with Crippen LogP contribution >= 0.6 is 11.6 Å². The van der Waals surface area contributed by atoms with E-state index in [1.54, 1.807) is 30.3 Å². The number of benzene rings is 3. The van der Waals surface area contributed by atoms with Crippen LogP contribution in [0.3, 0.4) is 0 Å². The van der Waals surface area contributed by atoms with Gasteiger partial charge in [-0.25, -0.2) is 9.78 Å². The van der Waals surface area contributed by atoms with Crippen molar-refractivity contribution >= 4 is 40.3 Å². The molecule has 8 heteroatoms. The molecule has 0 aliphatic rings. The van der Waals surface area contributed by atoms with Crippen molar-refractivity contribution in [3.8, 4) is 17.6 Å². The molecular formula is C27H22ClN3O4. The van der Waals surface area contributed by atoms with Crippen LogP contribution in [0, 0.1) is 18.3 Å². The first kappa shape index (κ1) is 23.9. The standard InChI is InChI=1S/C27H22ClN3O4/c1-3-34-24-13-18(11-20(14-29)26-30-22-9-4-16(2)10-23(22)31-26)12-21(28)25(24)35-15-17-5-7-19(8-6-17)27(32)33/h4-13H,3,15H2,1-2H3,(H,30,31)(H,32,33)/b20-11-. The third-order valence-electron chi connectivity index (χ3n) is 5.24. The lowest BCUT2D eigenvalue weighted by atomic mass is 10.1. The van der Waals surface area contributed by atoms with Crippen LogP contribution in [0.1, 0.15) is 39.8 Å². The number of rotatable bonds is 8. The molecule has 0 radical (unpaired) electrons. The summed E-state index contributed by atoms with van der Waals surface area (Å²) in [7, 11) is 0. The second-order valence-electron chi connectivity index (χ2n) is 7.83. The van der Waals surface area contributed by atoms with E-state index in [-0.39, 0.29) is 12.2 Å². The van der Waals surface area contributed by atoms with E-state index in [2.05, 4.69) is 16.0 Å². The van der Waals surface area contributed by atoms with E-state index >= 15 is 0 Å². The SMILES string of the molecule is CCOc1cc(/C=C(/C#N)c2nc3ccc(C)cc3[nH]2)cc(Cl)c1OCc1ccc(C(=O)O)cc1. The van der Waals surface area contributed by atoms with E-state index in [1.807, 2.05) is 32.0 Å². The van der Waals surface area contributed by atoms with Crippen molar-refractivity contribution < 1.29 is 19.4 Å². The first-order valence-electron chi connectivity index (χ1n) is 10.9. The first-order chi connectivity index (χ1) is 16.9. The van der Waals surface area contributed by atoms with Crippen LogP contribution in [0.25, 0.3) is 22.7 Å². The van der Waals surface area contributed by atoms with Gasteiger partial charge in [0.1, 0.15) is 18.5 Å². The molecule has 1 heterocycles. The van der Waals surface area contributed by atoms with Crippen LogP contribution in [-0.4, -0.2) is 27.7 Å². The zero-order valence-electron chi connectivity index (χ0n) is 19.1. The third kappa shape index (κ3) is 5.45. The van der Waals surface area contributed by atoms with Crippen LogP contribution in [0.4, 0.5) is 0 Å². The quantitative estimate of drug-likeness (QED) is 0.284. The van der Waals surface area contributed by atoms with Gasteiger partial charge in [-0.2, -0.15) is 5.26 Å². The molecule has 0 aliphatic carbocycles. The van der Waals surface area contributed by atoms with Gasteiger partial charge in [-0.05, 0) is 73.0 Å². The summed E-state index contributed by atoms with van der Waals surface area (Å²) in [5.41, 5.74) is 4.72. The molecule has 0 saturated carbocycles. The van der Waals surface area contributed by atoms with Gasteiger partial charge in [0.2, 0.25) is 0 Å². The molecular weight excluding hydrogens is 466 g/mol. The average molecular weight is 488 g/mol. The summed E-state index contributed by atoms with van der Waals surface area (Å²) < 4.78 is 11.7. The van der Waals surface area contributed by atoms with E-state index < -0.39 is 5.97 Å². The smallest absolute Gasteiger partial charge is 0.335 e. The summed E-state index contributed by atoms with van der Waals surface area (Å²) in [6, 6.07) is 17.9. The lowest BCUT2D eigenvalue weighted by Crippen LogP contribution is -2.02. The largest absolute Gasteiger partial charge is 0.490 e. The van der Waals surface area contributed by atoms with Crippen LogP contribution in [0.2, 0.25) is 5.02 Å². The number of carboxylic acids is 1. The minimum absolute atomic E-state index is 0.177. The average Bonchev–Trinajstić information content (AvgIpc) is 3.25. The topological polar surface area (TPSA) is 108 Å². The summed E-state index contributed by atoms with van der Waals surface area (Å²) in [6.07, 6.45) is 1.69. The Hall–Kier alpha value is -4.28. The van der Waals surface area contributed by atoms with Crippen molar-refractivity contribution in [2.75, 3.05) is 6.61 Å². The minimum Gasteiger partial charge on any atom is -0.490 e. The van der Waals surface area contributed by atoms with Crippen LogP contribution in [0.5, 0.6) is 11.5 Å². The number of nitriles is 1. The Bertz CT molecular complexity index is 1470. The Balaban J connectivity index is 1.62. The van der Waals surface area contributed by atoms with E-state index in [9.17, 15) is 10.1 Å². The van der Waals surface area contributed by atoms with E-state index in [1.165, 1.54) is 12.1 Å². The van der Waals surface area contributed by atoms with Gasteiger partial charge in [0, 0.05) is 0 Å². The number of allylic oxidation sites excluding steroid dienone is 1. The minimum atomic E-state index is -0.989. The van der Waals surface area contributed by atoms with Gasteiger partial charge in [0.05, 0.1) is 33.8 Å². The highest BCUT2D eigenvalue weighted by atomic mass is 35.5. The summed E-state index contributed by atoms with van der Waals surface area (Å²) in [4.78, 5) is 18.8. The molecule has 4 aromatic rings. The number of nitrogens with zero attached hydrogens (tertiary/aromatic N) is 2. The summed E-state index contributed by atoms with van der Waals surface area (Å²) in [5, 5.41) is 19.1. The molecule has 0 atom stereocenters. The molecule has 7 nitrogen and oxygen atoms in total. The monoisotopic (exact) mass is 487 g/mol. The van der Waals surface area contributed by atoms with Gasteiger partial charge in [0.15, 0.2) is 11.5 Å². The van der Waals surface area contributed by atoms with E-state index in [0.29, 0.717) is 40.1 Å². The fourth-order valence-electron chi connectivity index (χ4n) is 3.54. The molecule has 0 aliphatic heterocycles. The van der Waals surface area contributed by atoms with E-state index in [0.717, 1.165) is 22.2 Å². The molecule has 176 valence electrons. The molecule has 0 amide bonds. The van der Waals surface area contributed by atoms with Gasteiger partial charge < -0.3 is 19.6 Å². The highest BCUT2D eigenvalue weighted by molar-refractivity contribution is 6.32. The number of imidazole rings is 1. The van der Waals surface area contributed by atoms with Gasteiger partial charge in [-0.1, -0.05) is 29.8 Å². The van der Waals surface area contributed by atoms with Crippen molar-refractivity contribution in [1.82, 2.24) is 9.97 Å². The number of carboxylic acid groups (broad SMARTS) is 1. The predicted molar refractivity (Wildman–Crippen MR) is 135 cm³/mol. The number of hydrogen-bond acceptors (Lipinski definition) is 5. The number of aryl methyl sites for hydroxylation is 1. The highest BCUT2D eigenvalue weighted by Crippen LogP contribution is 2.38.